The second-order valence-electron chi connectivity index (χ2n) is 4.40. The molecule has 0 aliphatic rings. The fraction of sp³-hybridized carbons (Fsp3) is 0.0714. The van der Waals surface area contributed by atoms with E-state index < -0.39 is 0 Å². The summed E-state index contributed by atoms with van der Waals surface area (Å²) in [6.45, 7) is 0.628. The van der Waals surface area contributed by atoms with E-state index >= 15 is 0 Å². The van der Waals surface area contributed by atoms with Gasteiger partial charge in [-0.05, 0) is 23.8 Å². The van der Waals surface area contributed by atoms with E-state index in [1.54, 1.807) is 0 Å². The van der Waals surface area contributed by atoms with Gasteiger partial charge in [-0.25, -0.2) is 0 Å². The van der Waals surface area contributed by atoms with Crippen molar-refractivity contribution in [1.82, 2.24) is 9.78 Å². The maximum Gasteiger partial charge on any atom is 0.116 e. The van der Waals surface area contributed by atoms with Crippen molar-refractivity contribution in [2.75, 3.05) is 5.73 Å². The number of hydrogen-bond acceptors (Lipinski definition) is 3. The summed E-state index contributed by atoms with van der Waals surface area (Å²) in [5, 5.41) is 7.18. The molecule has 102 valence electrons. The SMILES string of the molecule is Nc1cn(Cc2cccc(Cl)c2)nc1-c1csc(Cl)c1. The van der Waals surface area contributed by atoms with Crippen molar-refractivity contribution in [3.8, 4) is 11.3 Å². The van der Waals surface area contributed by atoms with Crippen LogP contribution in [0.3, 0.4) is 0 Å². The number of hydrogen-bond donors (Lipinski definition) is 1. The molecule has 0 atom stereocenters. The minimum absolute atomic E-state index is 0.628. The summed E-state index contributed by atoms with van der Waals surface area (Å²) in [6, 6.07) is 9.56. The highest BCUT2D eigenvalue weighted by Gasteiger charge is 2.10. The number of nitrogens with two attached hydrogens (primary N) is 1. The van der Waals surface area contributed by atoms with Gasteiger partial charge in [0.15, 0.2) is 0 Å². The van der Waals surface area contributed by atoms with E-state index in [-0.39, 0.29) is 0 Å². The van der Waals surface area contributed by atoms with Crippen LogP contribution in [0.2, 0.25) is 9.36 Å². The molecule has 0 aliphatic heterocycles. The van der Waals surface area contributed by atoms with E-state index in [0.29, 0.717) is 17.3 Å². The highest BCUT2D eigenvalue weighted by atomic mass is 35.5. The van der Waals surface area contributed by atoms with Crippen LogP contribution in [-0.2, 0) is 6.54 Å². The Bertz CT molecular complexity index is 748. The highest BCUT2D eigenvalue weighted by Crippen LogP contribution is 2.31. The Hall–Kier alpha value is -1.49. The zero-order valence-corrected chi connectivity index (χ0v) is 12.7. The lowest BCUT2D eigenvalue weighted by Gasteiger charge is -2.02. The van der Waals surface area contributed by atoms with Crippen molar-refractivity contribution in [2.24, 2.45) is 0 Å². The molecule has 2 N–H and O–H groups in total. The molecule has 0 spiro atoms. The van der Waals surface area contributed by atoms with Gasteiger partial charge >= 0.3 is 0 Å². The molecule has 0 bridgehead atoms. The molecule has 0 unspecified atom stereocenters. The number of aromatic nitrogens is 2. The molecule has 1 aromatic carbocycles. The van der Waals surface area contributed by atoms with Crippen LogP contribution in [0.4, 0.5) is 5.69 Å². The van der Waals surface area contributed by atoms with Gasteiger partial charge in [-0.3, -0.25) is 4.68 Å². The van der Waals surface area contributed by atoms with Gasteiger partial charge in [0.05, 0.1) is 16.6 Å². The molecule has 0 saturated heterocycles. The maximum absolute atomic E-state index is 6.02. The number of rotatable bonds is 3. The largest absolute Gasteiger partial charge is 0.396 e. The number of nitrogen functional groups attached to an aromatic ring is 1. The van der Waals surface area contributed by atoms with Crippen molar-refractivity contribution in [3.63, 3.8) is 0 Å². The van der Waals surface area contributed by atoms with Crippen LogP contribution < -0.4 is 5.73 Å². The number of benzene rings is 1. The average Bonchev–Trinajstić information content (AvgIpc) is 2.96. The Morgan fingerprint density at radius 3 is 2.80 bits per heavy atom. The van der Waals surface area contributed by atoms with Crippen molar-refractivity contribution < 1.29 is 0 Å². The normalized spacial score (nSPS) is 10.9. The summed E-state index contributed by atoms with van der Waals surface area (Å²) in [5.41, 5.74) is 9.44. The van der Waals surface area contributed by atoms with Crippen LogP contribution in [0.15, 0.2) is 41.9 Å². The third-order valence-electron chi connectivity index (χ3n) is 2.86. The number of thiophene rings is 1. The van der Waals surface area contributed by atoms with Crippen molar-refractivity contribution >= 4 is 40.2 Å². The van der Waals surface area contributed by atoms with Gasteiger partial charge in [-0.15, -0.1) is 11.3 Å². The fourth-order valence-electron chi connectivity index (χ4n) is 2.00. The minimum atomic E-state index is 0.628. The molecule has 0 amide bonds. The first-order valence-electron chi connectivity index (χ1n) is 5.93. The molecular formula is C14H11Cl2N3S. The van der Waals surface area contributed by atoms with Crippen LogP contribution in [0, 0.1) is 0 Å². The van der Waals surface area contributed by atoms with Gasteiger partial charge in [0.1, 0.15) is 5.69 Å². The van der Waals surface area contributed by atoms with Gasteiger partial charge in [-0.2, -0.15) is 5.10 Å². The Kier molecular flexibility index (Phi) is 3.70. The van der Waals surface area contributed by atoms with E-state index in [2.05, 4.69) is 5.10 Å². The average molecular weight is 324 g/mol. The molecular weight excluding hydrogens is 313 g/mol. The molecule has 3 rings (SSSR count). The van der Waals surface area contributed by atoms with Crippen LogP contribution >= 0.6 is 34.5 Å². The summed E-state index contributed by atoms with van der Waals surface area (Å²) >= 11 is 13.4. The molecule has 3 nitrogen and oxygen atoms in total. The molecule has 3 aromatic rings. The molecule has 6 heteroatoms. The van der Waals surface area contributed by atoms with Gasteiger partial charge in [0.2, 0.25) is 0 Å². The van der Waals surface area contributed by atoms with E-state index in [1.807, 2.05) is 46.6 Å². The third kappa shape index (κ3) is 2.82. The van der Waals surface area contributed by atoms with E-state index in [0.717, 1.165) is 21.2 Å². The summed E-state index contributed by atoms with van der Waals surface area (Å²) in [5.74, 6) is 0. The summed E-state index contributed by atoms with van der Waals surface area (Å²) in [7, 11) is 0. The predicted molar refractivity (Wildman–Crippen MR) is 85.5 cm³/mol. The van der Waals surface area contributed by atoms with Crippen molar-refractivity contribution in [1.29, 1.82) is 0 Å². The van der Waals surface area contributed by atoms with Gasteiger partial charge in [0.25, 0.3) is 0 Å². The van der Waals surface area contributed by atoms with E-state index in [1.165, 1.54) is 11.3 Å². The second-order valence-corrected chi connectivity index (χ2v) is 6.38. The highest BCUT2D eigenvalue weighted by molar-refractivity contribution is 7.14. The maximum atomic E-state index is 6.02. The molecule has 0 aliphatic carbocycles. The van der Waals surface area contributed by atoms with E-state index in [4.69, 9.17) is 28.9 Å². The van der Waals surface area contributed by atoms with Crippen LogP contribution in [0.1, 0.15) is 5.56 Å². The van der Waals surface area contributed by atoms with Crippen LogP contribution in [0.25, 0.3) is 11.3 Å². The summed E-state index contributed by atoms with van der Waals surface area (Å²) < 4.78 is 2.53. The van der Waals surface area contributed by atoms with Gasteiger partial charge < -0.3 is 5.73 Å². The van der Waals surface area contributed by atoms with Crippen molar-refractivity contribution in [2.45, 2.75) is 6.54 Å². The number of halogens is 2. The smallest absolute Gasteiger partial charge is 0.116 e. The fourth-order valence-corrected chi connectivity index (χ4v) is 3.08. The quantitative estimate of drug-likeness (QED) is 0.768. The molecule has 0 saturated carbocycles. The Labute approximate surface area is 130 Å². The molecule has 2 heterocycles. The second kappa shape index (κ2) is 5.48. The predicted octanol–water partition coefficient (Wildman–Crippen LogP) is 4.55. The Balaban J connectivity index is 1.89. The van der Waals surface area contributed by atoms with Gasteiger partial charge in [0, 0.05) is 22.2 Å². The number of anilines is 1. The lowest BCUT2D eigenvalue weighted by Crippen LogP contribution is -2.00. The topological polar surface area (TPSA) is 43.8 Å². The zero-order valence-electron chi connectivity index (χ0n) is 10.4. The zero-order chi connectivity index (χ0) is 14.1. The molecule has 2 aromatic heterocycles. The number of nitrogens with zero attached hydrogens (tertiary/aromatic N) is 2. The molecule has 0 radical (unpaired) electrons. The molecule has 0 fully saturated rings. The first-order chi connectivity index (χ1) is 9.61. The summed E-state index contributed by atoms with van der Waals surface area (Å²) in [4.78, 5) is 0. The van der Waals surface area contributed by atoms with Crippen LogP contribution in [0.5, 0.6) is 0 Å². The minimum Gasteiger partial charge on any atom is -0.396 e. The van der Waals surface area contributed by atoms with Crippen LogP contribution in [-0.4, -0.2) is 9.78 Å². The molecule has 20 heavy (non-hydrogen) atoms. The monoisotopic (exact) mass is 323 g/mol. The first kappa shape index (κ1) is 13.5. The lowest BCUT2D eigenvalue weighted by atomic mass is 10.2. The lowest BCUT2D eigenvalue weighted by molar-refractivity contribution is 0.689. The Morgan fingerprint density at radius 2 is 2.10 bits per heavy atom. The van der Waals surface area contributed by atoms with E-state index in [9.17, 15) is 0 Å². The van der Waals surface area contributed by atoms with Gasteiger partial charge in [-0.1, -0.05) is 35.3 Å². The third-order valence-corrected chi connectivity index (χ3v) is 4.19. The Morgan fingerprint density at radius 1 is 1.25 bits per heavy atom. The van der Waals surface area contributed by atoms with Crippen molar-refractivity contribution in [3.05, 3.63) is 56.8 Å². The summed E-state index contributed by atoms with van der Waals surface area (Å²) in [6.07, 6.45) is 1.82. The standard InChI is InChI=1S/C14H11Cl2N3S/c15-11-3-1-2-9(4-11)6-19-7-12(17)14(18-19)10-5-13(16)20-8-10/h1-5,7-8H,6,17H2. The first-order valence-corrected chi connectivity index (χ1v) is 7.57.